The second-order valence-electron chi connectivity index (χ2n) is 4.23. The van der Waals surface area contributed by atoms with E-state index in [-0.39, 0.29) is 34.7 Å². The Morgan fingerprint density at radius 3 is 1.50 bits per heavy atom. The summed E-state index contributed by atoms with van der Waals surface area (Å²) < 4.78 is 0. The average molecular weight is 326 g/mol. The maximum absolute atomic E-state index is 8.36. The molecule has 2 N–H and O–H groups in total. The third kappa shape index (κ3) is 6.84. The molecule has 2 aliphatic carbocycles. The summed E-state index contributed by atoms with van der Waals surface area (Å²) in [6.07, 6.45) is 17.8. The van der Waals surface area contributed by atoms with Gasteiger partial charge in [-0.25, -0.2) is 22.5 Å². The Labute approximate surface area is 135 Å². The van der Waals surface area contributed by atoms with Crippen LogP contribution in [-0.4, -0.2) is 31.2 Å². The van der Waals surface area contributed by atoms with Crippen molar-refractivity contribution >= 4 is 21.0 Å². The molecule has 0 atom stereocenters. The van der Waals surface area contributed by atoms with Crippen molar-refractivity contribution in [3.05, 3.63) is 46.8 Å². The molecule has 0 heterocycles. The zero-order valence-corrected chi connectivity index (χ0v) is 14.2. The van der Waals surface area contributed by atoms with Crippen LogP contribution in [0.1, 0.15) is 12.8 Å². The smallest absolute Gasteiger partial charge is 0.483 e. The molecule has 0 saturated heterocycles. The third-order valence-electron chi connectivity index (χ3n) is 2.74. The number of hydrogen-bond donors (Lipinski definition) is 2. The molecule has 2 aliphatic rings. The molecule has 0 unspecified atom stereocenters. The molecule has 0 bridgehead atoms. The fourth-order valence-corrected chi connectivity index (χ4v) is 4.26. The quantitative estimate of drug-likeness (QED) is 0.465. The first kappa shape index (κ1) is 21.1. The van der Waals surface area contributed by atoms with Crippen LogP contribution in [0.2, 0.25) is 13.1 Å². The molecule has 20 heavy (non-hydrogen) atoms. The molecule has 0 spiro atoms. The minimum atomic E-state index is -1.40. The zero-order chi connectivity index (χ0) is 14.7. The topological polar surface area (TPSA) is 74.6 Å². The van der Waals surface area contributed by atoms with Crippen molar-refractivity contribution in [3.63, 3.8) is 0 Å². The molecule has 0 saturated carbocycles. The Balaban J connectivity index is 0. The van der Waals surface area contributed by atoms with Gasteiger partial charge < -0.3 is 10.2 Å². The molecule has 0 aromatic rings. The van der Waals surface area contributed by atoms with Gasteiger partial charge in [0.1, 0.15) is 0 Å². The van der Waals surface area contributed by atoms with E-state index in [1.54, 1.807) is 0 Å². The van der Waals surface area contributed by atoms with Crippen LogP contribution in [0.15, 0.2) is 34.7 Å². The van der Waals surface area contributed by atoms with Crippen molar-refractivity contribution in [2.45, 2.75) is 25.9 Å². The van der Waals surface area contributed by atoms with Crippen molar-refractivity contribution in [1.82, 2.24) is 0 Å². The number of hydrogen-bond acceptors (Lipinski definition) is 2. The fraction of sp³-hybridized carbons (Fsp3) is 0.286. The number of rotatable bonds is 2. The van der Waals surface area contributed by atoms with E-state index in [1.165, 1.54) is 10.4 Å². The first-order valence-corrected chi connectivity index (χ1v) is 8.76. The maximum atomic E-state index is 8.36. The van der Waals surface area contributed by atoms with Crippen LogP contribution in [0.4, 0.5) is 0 Å². The van der Waals surface area contributed by atoms with E-state index in [2.05, 4.69) is 49.6 Å². The van der Waals surface area contributed by atoms with E-state index in [4.69, 9.17) is 19.8 Å². The average Bonchev–Trinajstić information content (AvgIpc) is 3.06. The molecule has 0 fully saturated rings. The summed E-state index contributed by atoms with van der Waals surface area (Å²) in [5.74, 6) is 0. The SMILES string of the molecule is C[Si](C)(C1=[C-]CC=C1)C1=[C-]CC=C1.O=CO.O=CO.[Ti+2]. The van der Waals surface area contributed by atoms with Crippen molar-refractivity contribution in [2.75, 3.05) is 0 Å². The normalized spacial score (nSPS) is 14.7. The van der Waals surface area contributed by atoms with E-state index < -0.39 is 8.07 Å². The van der Waals surface area contributed by atoms with Crippen molar-refractivity contribution in [3.8, 4) is 0 Å². The molecule has 106 valence electrons. The summed E-state index contributed by atoms with van der Waals surface area (Å²) >= 11 is 0. The van der Waals surface area contributed by atoms with E-state index in [0.29, 0.717) is 0 Å². The Hall–Kier alpha value is -1.17. The molecule has 0 aliphatic heterocycles. The number of carbonyl (C=O) groups is 2. The van der Waals surface area contributed by atoms with Gasteiger partial charge in [-0.1, -0.05) is 13.1 Å². The zero-order valence-electron chi connectivity index (χ0n) is 11.6. The Kier molecular flexibility index (Phi) is 12.3. The van der Waals surface area contributed by atoms with Crippen LogP contribution in [0, 0.1) is 12.2 Å². The molecular weight excluding hydrogens is 308 g/mol. The second kappa shape index (κ2) is 11.6. The summed E-state index contributed by atoms with van der Waals surface area (Å²) in [4.78, 5) is 16.7. The molecule has 0 aromatic heterocycles. The first-order valence-electron chi connectivity index (χ1n) is 5.76. The number of allylic oxidation sites excluding steroid dienone is 8. The molecule has 0 radical (unpaired) electrons. The Bertz CT molecular complexity index is 385. The van der Waals surface area contributed by atoms with E-state index in [9.17, 15) is 0 Å². The van der Waals surface area contributed by atoms with Gasteiger partial charge in [-0.05, 0) is 0 Å². The summed E-state index contributed by atoms with van der Waals surface area (Å²) in [6.45, 7) is 4.26. The van der Waals surface area contributed by atoms with Gasteiger partial charge in [0.2, 0.25) is 0 Å². The van der Waals surface area contributed by atoms with Crippen LogP contribution in [0.5, 0.6) is 0 Å². The van der Waals surface area contributed by atoms with Crippen LogP contribution >= 0.6 is 0 Å². The second-order valence-corrected chi connectivity index (χ2v) is 8.56. The summed E-state index contributed by atoms with van der Waals surface area (Å²) in [5.41, 5.74) is 0. The van der Waals surface area contributed by atoms with Crippen molar-refractivity contribution in [1.29, 1.82) is 0 Å². The molecule has 2 rings (SSSR count). The minimum Gasteiger partial charge on any atom is -0.483 e. The van der Waals surface area contributed by atoms with Gasteiger partial charge in [0.15, 0.2) is 0 Å². The standard InChI is InChI=1S/C12H14Si.2CH2O2.Ti/c1-13(2,11-7-3-4-8-11)12-9-5-6-10-12;2*2-1-3;/h3,5,7,9H,4,6H2,1-2H3;2*1H,(H,2,3);/q-2;;;+2. The van der Waals surface area contributed by atoms with E-state index in [0.717, 1.165) is 12.8 Å². The molecule has 0 amide bonds. The first-order chi connectivity index (χ1) is 9.04. The monoisotopic (exact) mass is 326 g/mol. The van der Waals surface area contributed by atoms with Crippen molar-refractivity contribution in [2.24, 2.45) is 0 Å². The van der Waals surface area contributed by atoms with Gasteiger partial charge in [-0.15, -0.1) is 12.8 Å². The third-order valence-corrected chi connectivity index (χ3v) is 6.12. The molecule has 4 nitrogen and oxygen atoms in total. The number of carboxylic acid groups (broad SMARTS) is 2. The molecule has 0 aromatic carbocycles. The minimum absolute atomic E-state index is 0. The van der Waals surface area contributed by atoms with Gasteiger partial charge >= 0.3 is 21.7 Å². The van der Waals surface area contributed by atoms with Crippen LogP contribution < -0.4 is 0 Å². The van der Waals surface area contributed by atoms with E-state index >= 15 is 0 Å². The van der Waals surface area contributed by atoms with Crippen LogP contribution in [-0.2, 0) is 31.3 Å². The Morgan fingerprint density at radius 1 is 1.00 bits per heavy atom. The van der Waals surface area contributed by atoms with E-state index in [1.807, 2.05) is 0 Å². The summed E-state index contributed by atoms with van der Waals surface area (Å²) in [7, 11) is -1.40. The summed E-state index contributed by atoms with van der Waals surface area (Å²) in [6, 6.07) is 0. The van der Waals surface area contributed by atoms with Crippen LogP contribution in [0.25, 0.3) is 0 Å². The van der Waals surface area contributed by atoms with Gasteiger partial charge in [0.25, 0.3) is 12.9 Å². The van der Waals surface area contributed by atoms with Crippen molar-refractivity contribution < 1.29 is 41.5 Å². The molecule has 6 heteroatoms. The van der Waals surface area contributed by atoms with Gasteiger partial charge in [-0.3, -0.25) is 21.7 Å². The van der Waals surface area contributed by atoms with Gasteiger partial charge in [0, 0.05) is 8.07 Å². The largest absolute Gasteiger partial charge is 2.00 e. The molecular formula is C14H18O4SiTi. The summed E-state index contributed by atoms with van der Waals surface area (Å²) in [5, 5.41) is 16.7. The van der Waals surface area contributed by atoms with Crippen LogP contribution in [0.3, 0.4) is 0 Å². The van der Waals surface area contributed by atoms with Gasteiger partial charge in [-0.2, -0.15) is 12.2 Å². The predicted molar refractivity (Wildman–Crippen MR) is 75.9 cm³/mol. The Morgan fingerprint density at radius 2 is 1.30 bits per heavy atom. The maximum Gasteiger partial charge on any atom is 2.00 e. The predicted octanol–water partition coefficient (Wildman–Crippen LogP) is 2.55. The fourth-order valence-electron chi connectivity index (χ4n) is 1.81. The van der Waals surface area contributed by atoms with Gasteiger partial charge in [0.05, 0.1) is 0 Å².